The molecule has 1 atom stereocenters. The van der Waals surface area contributed by atoms with Gasteiger partial charge in [-0.15, -0.1) is 0 Å². The number of nitrogens with zero attached hydrogens (tertiary/aromatic N) is 4. The molecule has 9 heteroatoms. The van der Waals surface area contributed by atoms with Crippen molar-refractivity contribution < 1.29 is 9.63 Å². The van der Waals surface area contributed by atoms with E-state index in [2.05, 4.69) is 30.9 Å². The van der Waals surface area contributed by atoms with Gasteiger partial charge in [-0.25, -0.2) is 19.7 Å². The monoisotopic (exact) mass is 507 g/mol. The number of anilines is 4. The molecule has 2 aliphatic rings. The molecule has 1 saturated carbocycles. The van der Waals surface area contributed by atoms with Gasteiger partial charge in [0.1, 0.15) is 18.0 Å². The number of rotatable bonds is 7. The van der Waals surface area contributed by atoms with E-state index in [1.807, 2.05) is 73.7 Å². The summed E-state index contributed by atoms with van der Waals surface area (Å²) in [7, 11) is 0. The number of aromatic nitrogens is 3. The number of benzene rings is 2. The Morgan fingerprint density at radius 2 is 1.84 bits per heavy atom. The average Bonchev–Trinajstić information content (AvgIpc) is 3.62. The number of hydroxylamine groups is 2. The average molecular weight is 508 g/mol. The summed E-state index contributed by atoms with van der Waals surface area (Å²) >= 11 is 0. The first-order chi connectivity index (χ1) is 18.6. The smallest absolute Gasteiger partial charge is 0.346 e. The van der Waals surface area contributed by atoms with Gasteiger partial charge in [-0.05, 0) is 55.2 Å². The molecular weight excluding hydrogens is 478 g/mol. The van der Waals surface area contributed by atoms with Gasteiger partial charge in [0, 0.05) is 41.7 Å². The Balaban J connectivity index is 1.21. The predicted molar refractivity (Wildman–Crippen MR) is 147 cm³/mol. The van der Waals surface area contributed by atoms with Crippen LogP contribution in [0.25, 0.3) is 11.3 Å². The van der Waals surface area contributed by atoms with Crippen LogP contribution in [0.1, 0.15) is 36.4 Å². The van der Waals surface area contributed by atoms with Crippen molar-refractivity contribution in [3.63, 3.8) is 0 Å². The zero-order chi connectivity index (χ0) is 25.9. The van der Waals surface area contributed by atoms with Gasteiger partial charge >= 0.3 is 6.03 Å². The molecule has 38 heavy (non-hydrogen) atoms. The lowest BCUT2D eigenvalue weighted by molar-refractivity contribution is -0.0829. The van der Waals surface area contributed by atoms with Crippen LogP contribution in [0.5, 0.6) is 0 Å². The van der Waals surface area contributed by atoms with Crippen molar-refractivity contribution in [1.29, 1.82) is 0 Å². The molecule has 9 nitrogen and oxygen atoms in total. The molecule has 0 radical (unpaired) electrons. The van der Waals surface area contributed by atoms with E-state index in [1.54, 1.807) is 12.5 Å². The summed E-state index contributed by atoms with van der Waals surface area (Å²) in [6.07, 6.45) is 6.40. The molecule has 2 amide bonds. The van der Waals surface area contributed by atoms with E-state index in [0.29, 0.717) is 24.2 Å². The zero-order valence-electron chi connectivity index (χ0n) is 21.1. The highest BCUT2D eigenvalue weighted by Gasteiger charge is 2.31. The van der Waals surface area contributed by atoms with E-state index < -0.39 is 0 Å². The molecular formula is C29H29N7O2. The maximum atomic E-state index is 13.1. The molecule has 3 heterocycles. The van der Waals surface area contributed by atoms with E-state index in [9.17, 15) is 4.79 Å². The minimum Gasteiger partial charge on any atom is -0.367 e. The molecule has 1 aliphatic carbocycles. The van der Waals surface area contributed by atoms with Crippen LogP contribution in [0.4, 0.5) is 27.8 Å². The Hall–Kier alpha value is -4.50. The Kier molecular flexibility index (Phi) is 6.58. The molecule has 2 aromatic heterocycles. The molecule has 0 unspecified atom stereocenters. The fourth-order valence-corrected chi connectivity index (χ4v) is 4.52. The summed E-state index contributed by atoms with van der Waals surface area (Å²) in [4.78, 5) is 32.2. The summed E-state index contributed by atoms with van der Waals surface area (Å²) in [5.74, 6) is 1.48. The highest BCUT2D eigenvalue weighted by molar-refractivity contribution is 5.90. The van der Waals surface area contributed by atoms with E-state index >= 15 is 0 Å². The Morgan fingerprint density at radius 3 is 2.68 bits per heavy atom. The summed E-state index contributed by atoms with van der Waals surface area (Å²) in [5.41, 5.74) is 5.18. The number of carbonyl (C=O) groups is 1. The van der Waals surface area contributed by atoms with Crippen LogP contribution in [0.2, 0.25) is 0 Å². The van der Waals surface area contributed by atoms with Crippen molar-refractivity contribution in [3.05, 3.63) is 90.4 Å². The molecule has 0 spiro atoms. The summed E-state index contributed by atoms with van der Waals surface area (Å²) in [6, 6.07) is 21.6. The third kappa shape index (κ3) is 5.28. The molecule has 1 aliphatic heterocycles. The first-order valence-corrected chi connectivity index (χ1v) is 12.8. The quantitative estimate of drug-likeness (QED) is 0.279. The summed E-state index contributed by atoms with van der Waals surface area (Å²) in [6.45, 7) is 2.50. The van der Waals surface area contributed by atoms with Crippen LogP contribution in [-0.2, 0) is 4.84 Å². The lowest BCUT2D eigenvalue weighted by atomic mass is 10.1. The Labute approximate surface area is 221 Å². The van der Waals surface area contributed by atoms with Gasteiger partial charge in [-0.2, -0.15) is 5.06 Å². The van der Waals surface area contributed by atoms with Crippen molar-refractivity contribution in [3.8, 4) is 11.3 Å². The summed E-state index contributed by atoms with van der Waals surface area (Å²) in [5, 5.41) is 11.3. The van der Waals surface area contributed by atoms with Crippen LogP contribution in [-0.4, -0.2) is 38.7 Å². The van der Waals surface area contributed by atoms with E-state index in [1.165, 1.54) is 17.9 Å². The van der Waals surface area contributed by atoms with Crippen LogP contribution in [0, 0.1) is 6.92 Å². The molecule has 4 aromatic rings. The highest BCUT2D eigenvalue weighted by atomic mass is 16.7. The zero-order valence-corrected chi connectivity index (χ0v) is 21.1. The van der Waals surface area contributed by atoms with Crippen molar-refractivity contribution in [2.75, 3.05) is 22.6 Å². The minimum atomic E-state index is -0.304. The van der Waals surface area contributed by atoms with Crippen molar-refractivity contribution >= 4 is 29.0 Å². The molecule has 3 N–H and O–H groups in total. The number of pyridine rings is 1. The first-order valence-electron chi connectivity index (χ1n) is 12.8. The molecule has 2 aromatic carbocycles. The number of nitrogens with one attached hydrogen (secondary N) is 3. The maximum Gasteiger partial charge on any atom is 0.346 e. The largest absolute Gasteiger partial charge is 0.367 e. The summed E-state index contributed by atoms with van der Waals surface area (Å²) < 4.78 is 0. The predicted octanol–water partition coefficient (Wildman–Crippen LogP) is 6.08. The normalized spacial score (nSPS) is 16.8. The fraction of sp³-hybridized carbons (Fsp3) is 0.241. The van der Waals surface area contributed by atoms with Crippen molar-refractivity contribution in [1.82, 2.24) is 20.0 Å². The highest BCUT2D eigenvalue weighted by Crippen LogP contribution is 2.33. The minimum absolute atomic E-state index is 0.123. The second-order valence-electron chi connectivity index (χ2n) is 9.57. The van der Waals surface area contributed by atoms with Gasteiger partial charge < -0.3 is 16.0 Å². The van der Waals surface area contributed by atoms with Crippen LogP contribution in [0.15, 0.2) is 79.3 Å². The van der Waals surface area contributed by atoms with E-state index in [-0.39, 0.29) is 12.1 Å². The number of urea groups is 1. The molecule has 0 bridgehead atoms. The van der Waals surface area contributed by atoms with Gasteiger partial charge in [-0.3, -0.25) is 4.84 Å². The lowest BCUT2D eigenvalue weighted by Gasteiger charge is -2.23. The van der Waals surface area contributed by atoms with Gasteiger partial charge in [0.25, 0.3) is 0 Å². The van der Waals surface area contributed by atoms with Gasteiger partial charge in [-0.1, -0.05) is 36.4 Å². The van der Waals surface area contributed by atoms with Gasteiger partial charge in [0.2, 0.25) is 0 Å². The van der Waals surface area contributed by atoms with Crippen molar-refractivity contribution in [2.45, 2.75) is 38.3 Å². The van der Waals surface area contributed by atoms with E-state index in [0.717, 1.165) is 40.3 Å². The van der Waals surface area contributed by atoms with Crippen LogP contribution in [0.3, 0.4) is 0 Å². The second kappa shape index (κ2) is 10.5. The SMILES string of the molecule is Cc1ccc(NC(=O)N2OCC[C@@H]2c2ccccc2)cc1Nc1ncccc1-c1cc(NC2CC2)ncn1. The van der Waals surface area contributed by atoms with Gasteiger partial charge in [0.05, 0.1) is 18.3 Å². The topological polar surface area (TPSA) is 104 Å². The molecule has 1 saturated heterocycles. The number of carbonyl (C=O) groups excluding carboxylic acids is 1. The third-order valence-corrected chi connectivity index (χ3v) is 6.71. The third-order valence-electron chi connectivity index (χ3n) is 6.71. The molecule has 6 rings (SSSR count). The number of hydrogen-bond donors (Lipinski definition) is 3. The van der Waals surface area contributed by atoms with Crippen molar-refractivity contribution in [2.24, 2.45) is 0 Å². The first kappa shape index (κ1) is 23.9. The van der Waals surface area contributed by atoms with Gasteiger partial charge in [0.15, 0.2) is 0 Å². The fourth-order valence-electron chi connectivity index (χ4n) is 4.52. The Morgan fingerprint density at radius 1 is 0.974 bits per heavy atom. The molecule has 192 valence electrons. The maximum absolute atomic E-state index is 13.1. The number of aryl methyl sites for hydroxylation is 1. The standard InChI is InChI=1S/C29H29N7O2/c1-19-9-10-22(34-29(37)36-26(13-15-38-36)20-6-3-2-4-7-20)16-24(19)35-28-23(8-5-14-30-28)25-17-27(32-18-31-25)33-21-11-12-21/h2-10,14,16-18,21,26H,11-13,15H2,1H3,(H,30,35)(H,34,37)(H,31,32,33)/t26-/m1/s1. The number of hydrogen-bond acceptors (Lipinski definition) is 7. The second-order valence-corrected chi connectivity index (χ2v) is 9.57. The van der Waals surface area contributed by atoms with Crippen LogP contribution < -0.4 is 16.0 Å². The van der Waals surface area contributed by atoms with E-state index in [4.69, 9.17) is 4.84 Å². The molecule has 2 fully saturated rings. The van der Waals surface area contributed by atoms with Crippen LogP contribution >= 0.6 is 0 Å². The number of amides is 2. The lowest BCUT2D eigenvalue weighted by Crippen LogP contribution is -2.33. The Bertz CT molecular complexity index is 1440.